The van der Waals surface area contributed by atoms with Crippen LogP contribution in [0.2, 0.25) is 0 Å². The molecular formula is C21H19FN6O. The van der Waals surface area contributed by atoms with E-state index in [4.69, 9.17) is 0 Å². The minimum absolute atomic E-state index is 0.248. The lowest BCUT2D eigenvalue weighted by molar-refractivity contribution is 0.102. The Balaban J connectivity index is 1.56. The molecule has 0 saturated carbocycles. The number of rotatable bonds is 5. The lowest BCUT2D eigenvalue weighted by Crippen LogP contribution is -2.14. The molecule has 1 N–H and O–H groups in total. The zero-order chi connectivity index (χ0) is 20.4. The fourth-order valence-electron chi connectivity index (χ4n) is 3.15. The number of amides is 1. The Morgan fingerprint density at radius 2 is 1.83 bits per heavy atom. The van der Waals surface area contributed by atoms with Gasteiger partial charge in [-0.05, 0) is 55.0 Å². The monoisotopic (exact) mass is 390 g/mol. The molecule has 1 amide bonds. The summed E-state index contributed by atoms with van der Waals surface area (Å²) in [6.45, 7) is 1.95. The van der Waals surface area contributed by atoms with E-state index in [0.29, 0.717) is 23.4 Å². The summed E-state index contributed by atoms with van der Waals surface area (Å²) in [4.78, 5) is 12.8. The zero-order valence-corrected chi connectivity index (χ0v) is 16.0. The Bertz CT molecular complexity index is 1140. The second kappa shape index (κ2) is 7.67. The van der Waals surface area contributed by atoms with E-state index in [1.165, 1.54) is 18.3 Å². The molecule has 0 radical (unpaired) electrons. The highest BCUT2D eigenvalue weighted by atomic mass is 19.1. The summed E-state index contributed by atoms with van der Waals surface area (Å²) in [5, 5.41) is 15.2. The maximum Gasteiger partial charge on any atom is 0.259 e. The fourth-order valence-corrected chi connectivity index (χ4v) is 3.15. The van der Waals surface area contributed by atoms with Gasteiger partial charge in [0, 0.05) is 18.3 Å². The van der Waals surface area contributed by atoms with Crippen LogP contribution in [0.4, 0.5) is 10.1 Å². The predicted octanol–water partition coefficient (Wildman–Crippen LogP) is 3.62. The first-order chi connectivity index (χ1) is 14.1. The lowest BCUT2D eigenvalue weighted by atomic mass is 10.1. The molecule has 0 unspecified atom stereocenters. The smallest absolute Gasteiger partial charge is 0.259 e. The minimum atomic E-state index is -0.318. The highest BCUT2D eigenvalue weighted by molar-refractivity contribution is 6.05. The van der Waals surface area contributed by atoms with Crippen LogP contribution in [0.5, 0.6) is 0 Å². The van der Waals surface area contributed by atoms with Crippen molar-refractivity contribution in [3.8, 4) is 17.1 Å². The fraction of sp³-hybridized carbons (Fsp3) is 0.143. The SMILES string of the molecule is CCc1c(C(=O)Nc2ccc(-c3nncn3C)cc2)cnn1-c1ccc(F)cc1. The van der Waals surface area contributed by atoms with Gasteiger partial charge < -0.3 is 9.88 Å². The van der Waals surface area contributed by atoms with E-state index in [0.717, 1.165) is 17.1 Å². The van der Waals surface area contributed by atoms with Gasteiger partial charge in [0.2, 0.25) is 0 Å². The van der Waals surface area contributed by atoms with Gasteiger partial charge in [-0.25, -0.2) is 9.07 Å². The second-order valence-electron chi connectivity index (χ2n) is 6.54. The largest absolute Gasteiger partial charge is 0.322 e. The first-order valence-corrected chi connectivity index (χ1v) is 9.15. The molecule has 2 heterocycles. The molecule has 146 valence electrons. The highest BCUT2D eigenvalue weighted by Crippen LogP contribution is 2.21. The second-order valence-corrected chi connectivity index (χ2v) is 6.54. The van der Waals surface area contributed by atoms with Crippen molar-refractivity contribution in [2.24, 2.45) is 7.05 Å². The van der Waals surface area contributed by atoms with Crippen LogP contribution in [0.15, 0.2) is 61.1 Å². The van der Waals surface area contributed by atoms with E-state index in [1.807, 2.05) is 42.8 Å². The van der Waals surface area contributed by atoms with Crippen LogP contribution in [-0.4, -0.2) is 30.5 Å². The lowest BCUT2D eigenvalue weighted by Gasteiger charge is -2.09. The molecule has 0 saturated heterocycles. The molecule has 4 rings (SSSR count). The maximum absolute atomic E-state index is 13.2. The number of nitrogens with zero attached hydrogens (tertiary/aromatic N) is 5. The summed E-state index contributed by atoms with van der Waals surface area (Å²) in [7, 11) is 1.87. The van der Waals surface area contributed by atoms with Gasteiger partial charge in [0.1, 0.15) is 12.1 Å². The van der Waals surface area contributed by atoms with Gasteiger partial charge in [0.15, 0.2) is 5.82 Å². The van der Waals surface area contributed by atoms with Crippen LogP contribution < -0.4 is 5.32 Å². The molecule has 2 aromatic heterocycles. The summed E-state index contributed by atoms with van der Waals surface area (Å²) < 4.78 is 16.7. The maximum atomic E-state index is 13.2. The normalized spacial score (nSPS) is 10.9. The van der Waals surface area contributed by atoms with E-state index in [2.05, 4.69) is 20.6 Å². The molecule has 29 heavy (non-hydrogen) atoms. The molecule has 8 heteroatoms. The Morgan fingerprint density at radius 3 is 2.45 bits per heavy atom. The molecule has 0 aliphatic rings. The van der Waals surface area contributed by atoms with Crippen molar-refractivity contribution in [1.82, 2.24) is 24.5 Å². The number of carbonyl (C=O) groups is 1. The zero-order valence-electron chi connectivity index (χ0n) is 16.0. The van der Waals surface area contributed by atoms with Crippen LogP contribution >= 0.6 is 0 Å². The number of nitrogens with one attached hydrogen (secondary N) is 1. The van der Waals surface area contributed by atoms with Crippen LogP contribution in [0, 0.1) is 5.82 Å². The van der Waals surface area contributed by atoms with Crippen molar-refractivity contribution < 1.29 is 9.18 Å². The average molecular weight is 390 g/mol. The van der Waals surface area contributed by atoms with Crippen molar-refractivity contribution in [3.63, 3.8) is 0 Å². The summed E-state index contributed by atoms with van der Waals surface area (Å²) in [6, 6.07) is 13.4. The van der Waals surface area contributed by atoms with Crippen molar-refractivity contribution in [2.45, 2.75) is 13.3 Å². The van der Waals surface area contributed by atoms with Crippen molar-refractivity contribution in [2.75, 3.05) is 5.32 Å². The number of hydrogen-bond donors (Lipinski definition) is 1. The Hall–Kier alpha value is -3.81. The molecule has 4 aromatic rings. The van der Waals surface area contributed by atoms with Crippen molar-refractivity contribution in [1.29, 1.82) is 0 Å². The number of aromatic nitrogens is 5. The molecule has 0 spiro atoms. The number of hydrogen-bond acceptors (Lipinski definition) is 4. The third-order valence-electron chi connectivity index (χ3n) is 4.63. The molecule has 0 bridgehead atoms. The molecule has 0 atom stereocenters. The highest BCUT2D eigenvalue weighted by Gasteiger charge is 2.17. The van der Waals surface area contributed by atoms with E-state index in [9.17, 15) is 9.18 Å². The van der Waals surface area contributed by atoms with Gasteiger partial charge in [-0.3, -0.25) is 4.79 Å². The van der Waals surface area contributed by atoms with Crippen molar-refractivity contribution in [3.05, 3.63) is 78.1 Å². The number of benzene rings is 2. The van der Waals surface area contributed by atoms with Gasteiger partial charge in [-0.15, -0.1) is 10.2 Å². The van der Waals surface area contributed by atoms with Crippen LogP contribution in [0.25, 0.3) is 17.1 Å². The first-order valence-electron chi connectivity index (χ1n) is 9.15. The molecule has 0 aliphatic carbocycles. The molecule has 0 aliphatic heterocycles. The Labute approximate surface area is 166 Å². The van der Waals surface area contributed by atoms with Gasteiger partial charge >= 0.3 is 0 Å². The Kier molecular flexibility index (Phi) is 4.90. The Morgan fingerprint density at radius 1 is 1.10 bits per heavy atom. The summed E-state index contributed by atoms with van der Waals surface area (Å²) >= 11 is 0. The first kappa shape index (κ1) is 18.5. The standard InChI is InChI=1S/C21H19FN6O/c1-3-19-18(12-24-28(19)17-10-6-15(22)7-11-17)21(29)25-16-8-4-14(5-9-16)20-26-23-13-27(20)2/h4-13H,3H2,1-2H3,(H,25,29). The summed E-state index contributed by atoms with van der Waals surface area (Å²) in [6.07, 6.45) is 3.77. The van der Waals surface area contributed by atoms with Gasteiger partial charge in [-0.1, -0.05) is 6.92 Å². The summed E-state index contributed by atoms with van der Waals surface area (Å²) in [5.41, 5.74) is 3.51. The quantitative estimate of drug-likeness (QED) is 0.565. The number of halogens is 1. The third kappa shape index (κ3) is 3.64. The molecular weight excluding hydrogens is 371 g/mol. The van der Waals surface area contributed by atoms with Crippen LogP contribution in [0.3, 0.4) is 0 Å². The topological polar surface area (TPSA) is 77.6 Å². The van der Waals surface area contributed by atoms with E-state index in [-0.39, 0.29) is 11.7 Å². The molecule has 0 fully saturated rings. The summed E-state index contributed by atoms with van der Waals surface area (Å²) in [5.74, 6) is 0.181. The van der Waals surface area contributed by atoms with E-state index in [1.54, 1.807) is 23.1 Å². The predicted molar refractivity (Wildman–Crippen MR) is 107 cm³/mol. The average Bonchev–Trinajstić information content (AvgIpc) is 3.35. The van der Waals surface area contributed by atoms with Gasteiger partial charge in [0.05, 0.1) is 23.1 Å². The van der Waals surface area contributed by atoms with Crippen LogP contribution in [-0.2, 0) is 13.5 Å². The number of aryl methyl sites for hydroxylation is 1. The van der Waals surface area contributed by atoms with E-state index >= 15 is 0 Å². The van der Waals surface area contributed by atoms with Gasteiger partial charge in [-0.2, -0.15) is 5.10 Å². The third-order valence-corrected chi connectivity index (χ3v) is 4.63. The van der Waals surface area contributed by atoms with E-state index < -0.39 is 0 Å². The van der Waals surface area contributed by atoms with Crippen molar-refractivity contribution >= 4 is 11.6 Å². The van der Waals surface area contributed by atoms with Gasteiger partial charge in [0.25, 0.3) is 5.91 Å². The molecule has 2 aromatic carbocycles. The molecule has 7 nitrogen and oxygen atoms in total. The van der Waals surface area contributed by atoms with Crippen LogP contribution in [0.1, 0.15) is 23.0 Å². The number of anilines is 1. The number of carbonyl (C=O) groups excluding carboxylic acids is 1. The minimum Gasteiger partial charge on any atom is -0.322 e.